The summed E-state index contributed by atoms with van der Waals surface area (Å²) in [7, 11) is -4.30. The van der Waals surface area contributed by atoms with Gasteiger partial charge in [0.1, 0.15) is 13.2 Å². The molecule has 0 radical (unpaired) electrons. The molecule has 0 spiro atoms. The Morgan fingerprint density at radius 3 is 1.74 bits per heavy atom. The molecule has 10 heteroatoms. The average molecular weight is 525 g/mol. The fourth-order valence-corrected chi connectivity index (χ4v) is 4.26. The Hall–Kier alpha value is -0.990. The van der Waals surface area contributed by atoms with Crippen LogP contribution in [-0.4, -0.2) is 49.3 Å². The molecule has 35 heavy (non-hydrogen) atoms. The average Bonchev–Trinajstić information content (AvgIpc) is 2.83. The molecule has 0 bridgehead atoms. The monoisotopic (exact) mass is 524 g/mol. The van der Waals surface area contributed by atoms with E-state index in [9.17, 15) is 19.0 Å². The van der Waals surface area contributed by atoms with Gasteiger partial charge in [0, 0.05) is 12.8 Å². The minimum atomic E-state index is -4.30. The number of rotatable bonds is 25. The molecule has 0 aromatic heterocycles. The molecule has 0 aliphatic heterocycles. The fourth-order valence-electron chi connectivity index (χ4n) is 3.47. The van der Waals surface area contributed by atoms with Crippen molar-refractivity contribution in [3.05, 3.63) is 0 Å². The molecule has 0 rings (SSSR count). The highest BCUT2D eigenvalue weighted by molar-refractivity contribution is 7.47. The molecule has 0 heterocycles. The molecule has 4 N–H and O–H groups in total. The topological polar surface area (TPSA) is 136 Å². The summed E-state index contributed by atoms with van der Waals surface area (Å²) >= 11 is 0. The van der Waals surface area contributed by atoms with E-state index in [1.54, 1.807) is 0 Å². The van der Waals surface area contributed by atoms with E-state index in [1.807, 2.05) is 0 Å². The second-order valence-electron chi connectivity index (χ2n) is 8.99. The minimum absolute atomic E-state index is 0.0378. The second-order valence-corrected chi connectivity index (χ2v) is 10.4. The summed E-state index contributed by atoms with van der Waals surface area (Å²) in [5, 5.41) is 0. The smallest absolute Gasteiger partial charge is 0.462 e. The Bertz CT molecular complexity index is 576. The van der Waals surface area contributed by atoms with Crippen LogP contribution in [0.3, 0.4) is 0 Å². The summed E-state index contributed by atoms with van der Waals surface area (Å²) in [6, 6.07) is 0. The lowest BCUT2D eigenvalue weighted by Gasteiger charge is -2.19. The lowest BCUT2D eigenvalue weighted by atomic mass is 10.1. The summed E-state index contributed by atoms with van der Waals surface area (Å²) < 4.78 is 32.3. The number of carbonyl (C=O) groups excluding carboxylic acids is 2. The first-order valence-electron chi connectivity index (χ1n) is 13.6. The summed E-state index contributed by atoms with van der Waals surface area (Å²) in [5.74, 6) is -0.826. The van der Waals surface area contributed by atoms with Crippen LogP contribution >= 0.6 is 7.82 Å². The lowest BCUT2D eigenvalue weighted by Crippen LogP contribution is -2.52. The molecule has 0 saturated carbocycles. The third kappa shape index (κ3) is 23.2. The first kappa shape index (κ1) is 34.0. The van der Waals surface area contributed by atoms with Crippen LogP contribution in [-0.2, 0) is 32.7 Å². The van der Waals surface area contributed by atoms with Gasteiger partial charge in [0.2, 0.25) is 0 Å². The molecule has 9 nitrogen and oxygen atoms in total. The standard InChI is InChI=1S/C25H50NO8P/c1-3-5-7-9-11-12-14-15-17-24(27)31-21-23(22-33-35(29,30)32-20-19-26)34-25(28)18-16-13-10-8-6-4-2/h23H,3-22,26H2,1-2H3,(H,29,30)/p+1/t23-/m1/s1. The molecule has 1 unspecified atom stereocenters. The zero-order valence-electron chi connectivity index (χ0n) is 22.2. The van der Waals surface area contributed by atoms with E-state index in [-0.39, 0.29) is 25.6 Å². The highest BCUT2D eigenvalue weighted by Crippen LogP contribution is 2.43. The Kier molecular flexibility index (Phi) is 22.7. The Morgan fingerprint density at radius 1 is 0.743 bits per heavy atom. The predicted molar refractivity (Wildman–Crippen MR) is 136 cm³/mol. The molecule has 0 fully saturated rings. The van der Waals surface area contributed by atoms with Gasteiger partial charge in [0.25, 0.3) is 0 Å². The molecule has 0 aromatic rings. The van der Waals surface area contributed by atoms with Crippen LogP contribution < -0.4 is 5.73 Å². The predicted octanol–water partition coefficient (Wildman–Crippen LogP) is 5.10. The first-order valence-corrected chi connectivity index (χ1v) is 15.1. The van der Waals surface area contributed by atoms with Gasteiger partial charge in [-0.05, 0) is 12.8 Å². The number of unbranched alkanes of at least 4 members (excludes halogenated alkanes) is 12. The maximum Gasteiger partial charge on any atom is 0.472 e. The molecule has 0 saturated heterocycles. The quantitative estimate of drug-likeness (QED) is 0.0956. The summed E-state index contributed by atoms with van der Waals surface area (Å²) in [5.41, 5.74) is 3.54. The van der Waals surface area contributed by atoms with Gasteiger partial charge in [0.15, 0.2) is 6.10 Å². The second kappa shape index (κ2) is 23.4. The van der Waals surface area contributed by atoms with Gasteiger partial charge >= 0.3 is 19.8 Å². The lowest BCUT2D eigenvalue weighted by molar-refractivity contribution is -0.371. The van der Waals surface area contributed by atoms with Crippen LogP contribution in [0.4, 0.5) is 0 Å². The maximum atomic E-state index is 12.2. The number of ether oxygens (including phenoxy) is 2. The number of phosphoric acid groups is 1. The Labute approximate surface area is 212 Å². The third-order valence-electron chi connectivity index (χ3n) is 5.52. The zero-order valence-corrected chi connectivity index (χ0v) is 23.1. The molecule has 0 aliphatic rings. The SMILES string of the molecule is CCCCCCCCCCC(=O)OC[C@H](COP(=O)(O)OCC[NH3+])OC(=O)CCCCCCCC. The van der Waals surface area contributed by atoms with Crippen molar-refractivity contribution in [1.29, 1.82) is 0 Å². The number of hydrogen-bond donors (Lipinski definition) is 2. The summed E-state index contributed by atoms with van der Waals surface area (Å²) in [6.07, 6.45) is 14.8. The maximum absolute atomic E-state index is 12.2. The van der Waals surface area contributed by atoms with Gasteiger partial charge in [-0.25, -0.2) is 4.57 Å². The van der Waals surface area contributed by atoms with E-state index in [4.69, 9.17) is 18.5 Å². The number of hydrogen-bond acceptors (Lipinski definition) is 7. The summed E-state index contributed by atoms with van der Waals surface area (Å²) in [6.45, 7) is 3.98. The van der Waals surface area contributed by atoms with Crippen molar-refractivity contribution in [3.8, 4) is 0 Å². The number of esters is 2. The van der Waals surface area contributed by atoms with Gasteiger partial charge in [-0.3, -0.25) is 18.6 Å². The van der Waals surface area contributed by atoms with E-state index >= 15 is 0 Å². The highest BCUT2D eigenvalue weighted by Gasteiger charge is 2.26. The van der Waals surface area contributed by atoms with Crippen LogP contribution in [0, 0.1) is 0 Å². The van der Waals surface area contributed by atoms with E-state index in [1.165, 1.54) is 38.5 Å². The van der Waals surface area contributed by atoms with Crippen molar-refractivity contribution < 1.29 is 43.3 Å². The zero-order chi connectivity index (χ0) is 26.2. The molecule has 208 valence electrons. The van der Waals surface area contributed by atoms with Gasteiger partial charge in [-0.15, -0.1) is 0 Å². The van der Waals surface area contributed by atoms with E-state index in [0.717, 1.165) is 44.9 Å². The van der Waals surface area contributed by atoms with Gasteiger partial charge in [-0.1, -0.05) is 90.9 Å². The van der Waals surface area contributed by atoms with E-state index in [0.29, 0.717) is 19.4 Å². The molecule has 0 aromatic carbocycles. The summed E-state index contributed by atoms with van der Waals surface area (Å²) in [4.78, 5) is 34.1. The number of phosphoric ester groups is 1. The van der Waals surface area contributed by atoms with Crippen molar-refractivity contribution >= 4 is 19.8 Å². The minimum Gasteiger partial charge on any atom is -0.462 e. The molecular formula is C25H51NO8P+. The van der Waals surface area contributed by atoms with Crippen molar-refractivity contribution in [1.82, 2.24) is 0 Å². The van der Waals surface area contributed by atoms with E-state index in [2.05, 4.69) is 19.6 Å². The van der Waals surface area contributed by atoms with Crippen LogP contribution in [0.5, 0.6) is 0 Å². The van der Waals surface area contributed by atoms with Crippen LogP contribution in [0.2, 0.25) is 0 Å². The van der Waals surface area contributed by atoms with Gasteiger partial charge in [0.05, 0.1) is 13.2 Å². The first-order chi connectivity index (χ1) is 16.8. The number of carbonyl (C=O) groups is 2. The molecule has 0 aliphatic carbocycles. The van der Waals surface area contributed by atoms with Crippen LogP contribution in [0.1, 0.15) is 117 Å². The fraction of sp³-hybridized carbons (Fsp3) is 0.920. The highest BCUT2D eigenvalue weighted by atomic mass is 31.2. The van der Waals surface area contributed by atoms with E-state index < -0.39 is 26.5 Å². The van der Waals surface area contributed by atoms with Crippen molar-refractivity contribution in [2.24, 2.45) is 0 Å². The normalized spacial score (nSPS) is 13.8. The molecule has 0 amide bonds. The van der Waals surface area contributed by atoms with Crippen molar-refractivity contribution in [2.75, 3.05) is 26.4 Å². The third-order valence-corrected chi connectivity index (χ3v) is 6.50. The van der Waals surface area contributed by atoms with Crippen LogP contribution in [0.25, 0.3) is 0 Å². The van der Waals surface area contributed by atoms with Gasteiger partial charge < -0.3 is 20.1 Å². The Morgan fingerprint density at radius 2 is 1.23 bits per heavy atom. The van der Waals surface area contributed by atoms with Gasteiger partial charge in [-0.2, -0.15) is 0 Å². The number of quaternary nitrogens is 1. The van der Waals surface area contributed by atoms with Crippen molar-refractivity contribution in [2.45, 2.75) is 123 Å². The molecular weight excluding hydrogens is 473 g/mol. The van der Waals surface area contributed by atoms with Crippen LogP contribution in [0.15, 0.2) is 0 Å². The Balaban J connectivity index is 4.39. The largest absolute Gasteiger partial charge is 0.472 e. The molecule has 2 atom stereocenters. The van der Waals surface area contributed by atoms with Crippen molar-refractivity contribution in [3.63, 3.8) is 0 Å².